The number of piperazine rings is 1. The van der Waals surface area contributed by atoms with Crippen LogP contribution in [0.2, 0.25) is 5.02 Å². The minimum Gasteiger partial charge on any atom is -0.619 e. The average Bonchev–Trinajstić information content (AvgIpc) is 2.97. The van der Waals surface area contributed by atoms with Crippen molar-refractivity contribution in [1.29, 1.82) is 0 Å². The van der Waals surface area contributed by atoms with Gasteiger partial charge in [0.1, 0.15) is 0 Å². The maximum absolute atomic E-state index is 12.9. The van der Waals surface area contributed by atoms with Crippen LogP contribution in [0.5, 0.6) is 0 Å². The van der Waals surface area contributed by atoms with Crippen LogP contribution in [-0.2, 0) is 24.1 Å². The molecule has 34 heavy (non-hydrogen) atoms. The van der Waals surface area contributed by atoms with Crippen molar-refractivity contribution >= 4 is 49.4 Å². The molecular formula is C25H23Br2ClN4O2. The van der Waals surface area contributed by atoms with Crippen molar-refractivity contribution in [2.24, 2.45) is 0 Å². The van der Waals surface area contributed by atoms with Crippen molar-refractivity contribution in [2.45, 2.75) is 25.3 Å². The van der Waals surface area contributed by atoms with Crippen molar-refractivity contribution in [2.75, 3.05) is 26.2 Å². The summed E-state index contributed by atoms with van der Waals surface area (Å²) in [4.78, 5) is 22.1. The molecule has 1 atom stereocenters. The predicted molar refractivity (Wildman–Crippen MR) is 138 cm³/mol. The second-order valence-electron chi connectivity index (χ2n) is 8.72. The maximum Gasteiger partial charge on any atom is 0.227 e. The van der Waals surface area contributed by atoms with Crippen molar-refractivity contribution in [3.05, 3.63) is 96.0 Å². The molecular weight excluding hydrogens is 584 g/mol. The Bertz CT molecular complexity index is 1230. The SMILES string of the molecule is O=C(Cc1cc[n+]([O-])cc1)N1CCN([C@H]2c3ncc(Br)cc3CCc3cc(Cl)cc(Br)c32)CC1. The summed E-state index contributed by atoms with van der Waals surface area (Å²) in [5, 5.41) is 12.0. The molecule has 1 aliphatic heterocycles. The van der Waals surface area contributed by atoms with Crippen molar-refractivity contribution in [1.82, 2.24) is 14.8 Å². The van der Waals surface area contributed by atoms with Gasteiger partial charge in [0.05, 0.1) is 18.2 Å². The number of carbonyl (C=O) groups excluding carboxylic acids is 1. The molecule has 9 heteroatoms. The molecule has 6 nitrogen and oxygen atoms in total. The topological polar surface area (TPSA) is 63.4 Å². The molecule has 0 spiro atoms. The minimum atomic E-state index is -0.00822. The second-order valence-corrected chi connectivity index (χ2v) is 10.9. The van der Waals surface area contributed by atoms with Gasteiger partial charge in [-0.1, -0.05) is 27.5 Å². The highest BCUT2D eigenvalue weighted by Crippen LogP contribution is 2.41. The molecule has 1 aromatic carbocycles. The summed E-state index contributed by atoms with van der Waals surface area (Å²) in [5.74, 6) is 0.0833. The lowest BCUT2D eigenvalue weighted by molar-refractivity contribution is -0.605. The standard InChI is InChI=1S/C25H23Br2ClN4O2/c26-19-12-18-2-1-17-13-20(28)14-21(27)23(17)25(24(18)29-15-19)31-9-7-30(8-10-31)22(33)11-16-3-5-32(34)6-4-16/h3-6,12-15,25H,1-2,7-11H2/t25-/m1/s1. The van der Waals surface area contributed by atoms with Crippen LogP contribution in [0.3, 0.4) is 0 Å². The highest BCUT2D eigenvalue weighted by Gasteiger charge is 2.34. The number of carbonyl (C=O) groups is 1. The third-order valence-electron chi connectivity index (χ3n) is 6.60. The third kappa shape index (κ3) is 4.87. The molecule has 0 saturated carbocycles. The lowest BCUT2D eigenvalue weighted by Gasteiger charge is -2.40. The zero-order chi connectivity index (χ0) is 23.8. The van der Waals surface area contributed by atoms with Crippen LogP contribution in [0, 0.1) is 5.21 Å². The van der Waals surface area contributed by atoms with Crippen LogP contribution < -0.4 is 4.73 Å². The van der Waals surface area contributed by atoms with Crippen LogP contribution in [0.15, 0.2) is 57.9 Å². The smallest absolute Gasteiger partial charge is 0.227 e. The Morgan fingerprint density at radius 2 is 1.79 bits per heavy atom. The van der Waals surface area contributed by atoms with Crippen LogP contribution in [0.1, 0.15) is 34.0 Å². The summed E-state index contributed by atoms with van der Waals surface area (Å²) < 4.78 is 2.70. The molecule has 1 saturated heterocycles. The number of aryl methyl sites for hydroxylation is 2. The Hall–Kier alpha value is -2.00. The highest BCUT2D eigenvalue weighted by molar-refractivity contribution is 9.10. The van der Waals surface area contributed by atoms with E-state index in [9.17, 15) is 10.0 Å². The molecule has 0 unspecified atom stereocenters. The van der Waals surface area contributed by atoms with Gasteiger partial charge in [-0.25, -0.2) is 0 Å². The van der Waals surface area contributed by atoms with Gasteiger partial charge in [0.15, 0.2) is 12.4 Å². The molecule has 5 rings (SSSR count). The average molecular weight is 607 g/mol. The molecule has 1 aliphatic carbocycles. The van der Waals surface area contributed by atoms with Crippen LogP contribution in [0.25, 0.3) is 0 Å². The van der Waals surface area contributed by atoms with Gasteiger partial charge in [-0.2, -0.15) is 4.73 Å². The number of hydrogen-bond acceptors (Lipinski definition) is 4. The Morgan fingerprint density at radius 1 is 1.09 bits per heavy atom. The van der Waals surface area contributed by atoms with E-state index in [4.69, 9.17) is 16.6 Å². The molecule has 2 aromatic heterocycles. The van der Waals surface area contributed by atoms with Gasteiger partial charge in [0.25, 0.3) is 0 Å². The Balaban J connectivity index is 1.40. The molecule has 1 fully saturated rings. The number of fused-ring (bicyclic) bond motifs is 2. The molecule has 3 aromatic rings. The molecule has 0 N–H and O–H groups in total. The normalized spacial score (nSPS) is 18.2. The zero-order valence-electron chi connectivity index (χ0n) is 18.4. The number of pyridine rings is 2. The molecule has 2 aliphatic rings. The number of hydrogen-bond donors (Lipinski definition) is 0. The fourth-order valence-electron chi connectivity index (χ4n) is 4.93. The van der Waals surface area contributed by atoms with E-state index in [2.05, 4.69) is 48.9 Å². The van der Waals surface area contributed by atoms with E-state index >= 15 is 0 Å². The van der Waals surface area contributed by atoms with E-state index in [1.807, 2.05) is 17.2 Å². The van der Waals surface area contributed by atoms with E-state index in [1.54, 1.807) is 12.1 Å². The number of amides is 1. The summed E-state index contributed by atoms with van der Waals surface area (Å²) in [6, 6.07) is 9.59. The second kappa shape index (κ2) is 9.93. The van der Waals surface area contributed by atoms with E-state index in [0.29, 0.717) is 19.5 Å². The van der Waals surface area contributed by atoms with Gasteiger partial charge in [-0.3, -0.25) is 14.7 Å². The minimum absolute atomic E-state index is 0.00822. The molecule has 0 bridgehead atoms. The molecule has 3 heterocycles. The number of aromatic nitrogens is 2. The van der Waals surface area contributed by atoms with Gasteiger partial charge >= 0.3 is 0 Å². The summed E-state index contributed by atoms with van der Waals surface area (Å²) in [6.07, 6.45) is 6.82. The van der Waals surface area contributed by atoms with Gasteiger partial charge < -0.3 is 10.1 Å². The van der Waals surface area contributed by atoms with Crippen LogP contribution >= 0.6 is 43.5 Å². The van der Waals surface area contributed by atoms with E-state index in [-0.39, 0.29) is 11.9 Å². The molecule has 1 amide bonds. The van der Waals surface area contributed by atoms with Crippen LogP contribution in [0.4, 0.5) is 0 Å². The lowest BCUT2D eigenvalue weighted by atomic mass is 9.96. The van der Waals surface area contributed by atoms with E-state index in [1.165, 1.54) is 29.1 Å². The number of nitrogens with zero attached hydrogens (tertiary/aromatic N) is 4. The lowest BCUT2D eigenvalue weighted by Crippen LogP contribution is -2.50. The largest absolute Gasteiger partial charge is 0.619 e. The quantitative estimate of drug-likeness (QED) is 0.326. The van der Waals surface area contributed by atoms with E-state index in [0.717, 1.165) is 55.9 Å². The summed E-state index contributed by atoms with van der Waals surface area (Å²) in [7, 11) is 0. The van der Waals surface area contributed by atoms with Gasteiger partial charge in [0.2, 0.25) is 5.91 Å². The zero-order valence-corrected chi connectivity index (χ0v) is 22.3. The first kappa shape index (κ1) is 23.7. The summed E-state index contributed by atoms with van der Waals surface area (Å²) in [5.41, 5.74) is 5.60. The Morgan fingerprint density at radius 3 is 2.53 bits per heavy atom. The molecule has 0 radical (unpaired) electrons. The van der Waals surface area contributed by atoms with Crippen molar-refractivity contribution in [3.63, 3.8) is 0 Å². The number of rotatable bonds is 3. The van der Waals surface area contributed by atoms with Gasteiger partial charge in [-0.15, -0.1) is 0 Å². The number of halogens is 3. The predicted octanol–water partition coefficient (Wildman–Crippen LogP) is 4.47. The Labute approximate surface area is 220 Å². The third-order valence-corrected chi connectivity index (χ3v) is 7.91. The van der Waals surface area contributed by atoms with Crippen molar-refractivity contribution < 1.29 is 9.52 Å². The van der Waals surface area contributed by atoms with E-state index < -0.39 is 0 Å². The van der Waals surface area contributed by atoms with Gasteiger partial charge in [0, 0.05) is 58.5 Å². The first-order valence-corrected chi connectivity index (χ1v) is 13.2. The summed E-state index contributed by atoms with van der Waals surface area (Å²) in [6.45, 7) is 2.79. The molecule has 176 valence electrons. The fourth-order valence-corrected chi connectivity index (χ4v) is 6.40. The van der Waals surface area contributed by atoms with Crippen LogP contribution in [-0.4, -0.2) is 46.9 Å². The summed E-state index contributed by atoms with van der Waals surface area (Å²) >= 11 is 13.8. The maximum atomic E-state index is 12.9. The van der Waals surface area contributed by atoms with Crippen molar-refractivity contribution in [3.8, 4) is 0 Å². The highest BCUT2D eigenvalue weighted by atomic mass is 79.9. The Kier molecular flexibility index (Phi) is 6.93. The number of benzene rings is 1. The van der Waals surface area contributed by atoms with Gasteiger partial charge in [-0.05, 0) is 69.2 Å². The monoisotopic (exact) mass is 604 g/mol. The first-order chi connectivity index (χ1) is 16.4. The fraction of sp³-hybridized carbons (Fsp3) is 0.320. The first-order valence-electron chi connectivity index (χ1n) is 11.2.